The van der Waals surface area contributed by atoms with Crippen molar-refractivity contribution in [2.45, 2.75) is 19.8 Å². The molecule has 0 aliphatic heterocycles. The highest BCUT2D eigenvalue weighted by molar-refractivity contribution is 5.94. The molecule has 0 saturated heterocycles. The Kier molecular flexibility index (Phi) is 8.75. The maximum atomic E-state index is 12.0. The second-order valence-corrected chi connectivity index (χ2v) is 6.50. The zero-order valence-corrected chi connectivity index (χ0v) is 17.2. The van der Waals surface area contributed by atoms with Gasteiger partial charge in [-0.05, 0) is 43.5 Å². The summed E-state index contributed by atoms with van der Waals surface area (Å²) in [5, 5.41) is 11.9. The zero-order chi connectivity index (χ0) is 21.1. The van der Waals surface area contributed by atoms with Gasteiger partial charge in [-0.3, -0.25) is 14.6 Å². The van der Waals surface area contributed by atoms with Crippen LogP contribution < -0.4 is 21.3 Å². The summed E-state index contributed by atoms with van der Waals surface area (Å²) in [5.74, 6) is 0.761. The minimum Gasteiger partial charge on any atom is -0.459 e. The van der Waals surface area contributed by atoms with Crippen molar-refractivity contribution in [1.29, 1.82) is 0 Å². The first-order chi connectivity index (χ1) is 14.0. The number of aliphatic imine (C=N–C) groups is 1. The predicted octanol–water partition coefficient (Wildman–Crippen LogP) is 1.48. The van der Waals surface area contributed by atoms with E-state index < -0.39 is 0 Å². The standard InChI is InChI=1S/C21H29N5O3/c1-15-9-13-29-18(15)20(28)24-10-5-11-25-21(23-3)26-12-8-16-6-4-7-17(14-16)19(27)22-2/h4,6-7,9,13-14H,5,8,10-12H2,1-3H3,(H,22,27)(H,24,28)(H2,23,25,26). The van der Waals surface area contributed by atoms with E-state index in [0.717, 1.165) is 24.0 Å². The van der Waals surface area contributed by atoms with Gasteiger partial charge in [0.25, 0.3) is 11.8 Å². The fourth-order valence-electron chi connectivity index (χ4n) is 2.74. The quantitative estimate of drug-likeness (QED) is 0.290. The van der Waals surface area contributed by atoms with E-state index in [-0.39, 0.29) is 11.8 Å². The van der Waals surface area contributed by atoms with E-state index in [2.05, 4.69) is 26.3 Å². The first-order valence-corrected chi connectivity index (χ1v) is 9.63. The van der Waals surface area contributed by atoms with Gasteiger partial charge in [-0.1, -0.05) is 12.1 Å². The molecule has 0 fully saturated rings. The number of aryl methyl sites for hydroxylation is 1. The molecule has 0 aliphatic carbocycles. The Morgan fingerprint density at radius 1 is 1.03 bits per heavy atom. The molecule has 8 heteroatoms. The number of carbonyl (C=O) groups is 2. The summed E-state index contributed by atoms with van der Waals surface area (Å²) in [6.07, 6.45) is 3.03. The van der Waals surface area contributed by atoms with Crippen LogP contribution in [0.3, 0.4) is 0 Å². The molecule has 0 radical (unpaired) electrons. The van der Waals surface area contributed by atoms with Gasteiger partial charge in [-0.2, -0.15) is 0 Å². The second-order valence-electron chi connectivity index (χ2n) is 6.50. The Morgan fingerprint density at radius 3 is 2.48 bits per heavy atom. The minimum absolute atomic E-state index is 0.0911. The second kappa shape index (κ2) is 11.5. The summed E-state index contributed by atoms with van der Waals surface area (Å²) in [6.45, 7) is 3.73. The molecule has 1 heterocycles. The highest BCUT2D eigenvalue weighted by Gasteiger charge is 2.11. The number of hydrogen-bond donors (Lipinski definition) is 4. The Bertz CT molecular complexity index is 844. The van der Waals surface area contributed by atoms with Gasteiger partial charge in [-0.15, -0.1) is 0 Å². The average molecular weight is 399 g/mol. The average Bonchev–Trinajstić information content (AvgIpc) is 3.17. The van der Waals surface area contributed by atoms with E-state index in [1.807, 2.05) is 25.1 Å². The Hall–Kier alpha value is -3.29. The van der Waals surface area contributed by atoms with Crippen LogP contribution in [0.1, 0.15) is 38.5 Å². The van der Waals surface area contributed by atoms with Gasteiger partial charge < -0.3 is 25.7 Å². The van der Waals surface area contributed by atoms with Crippen molar-refractivity contribution in [1.82, 2.24) is 21.3 Å². The normalized spacial score (nSPS) is 11.1. The van der Waals surface area contributed by atoms with Gasteiger partial charge >= 0.3 is 0 Å². The molecular weight excluding hydrogens is 370 g/mol. The molecule has 0 saturated carbocycles. The lowest BCUT2D eigenvalue weighted by atomic mass is 10.1. The van der Waals surface area contributed by atoms with Crippen LogP contribution in [0.15, 0.2) is 46.0 Å². The van der Waals surface area contributed by atoms with Crippen LogP contribution in [-0.2, 0) is 6.42 Å². The number of furan rings is 1. The maximum Gasteiger partial charge on any atom is 0.287 e. The summed E-state index contributed by atoms with van der Waals surface area (Å²) < 4.78 is 5.17. The lowest BCUT2D eigenvalue weighted by Crippen LogP contribution is -2.39. The van der Waals surface area contributed by atoms with Crippen molar-refractivity contribution < 1.29 is 14.0 Å². The molecular formula is C21H29N5O3. The van der Waals surface area contributed by atoms with Gasteiger partial charge in [0.1, 0.15) is 0 Å². The lowest BCUT2D eigenvalue weighted by Gasteiger charge is -2.12. The molecule has 0 aliphatic rings. The van der Waals surface area contributed by atoms with Gasteiger partial charge in [0.15, 0.2) is 11.7 Å². The minimum atomic E-state index is -0.200. The zero-order valence-electron chi connectivity index (χ0n) is 17.2. The van der Waals surface area contributed by atoms with E-state index in [9.17, 15) is 9.59 Å². The topological polar surface area (TPSA) is 108 Å². The monoisotopic (exact) mass is 399 g/mol. The summed E-state index contributed by atoms with van der Waals surface area (Å²) >= 11 is 0. The molecule has 1 aromatic heterocycles. The van der Waals surface area contributed by atoms with Crippen molar-refractivity contribution in [2.75, 3.05) is 33.7 Å². The van der Waals surface area contributed by atoms with Gasteiger partial charge in [0.05, 0.1) is 6.26 Å². The van der Waals surface area contributed by atoms with Crippen LogP contribution in [-0.4, -0.2) is 51.5 Å². The van der Waals surface area contributed by atoms with Gasteiger partial charge in [0, 0.05) is 44.9 Å². The highest BCUT2D eigenvalue weighted by Crippen LogP contribution is 2.08. The molecule has 8 nitrogen and oxygen atoms in total. The SMILES string of the molecule is CN=C(NCCCNC(=O)c1occc1C)NCCc1cccc(C(=O)NC)c1. The number of amides is 2. The van der Waals surface area contributed by atoms with Crippen LogP contribution in [0.2, 0.25) is 0 Å². The first-order valence-electron chi connectivity index (χ1n) is 9.63. The molecule has 0 spiro atoms. The Balaban J connectivity index is 1.65. The van der Waals surface area contributed by atoms with Gasteiger partial charge in [0.2, 0.25) is 0 Å². The first kappa shape index (κ1) is 22.0. The fraction of sp³-hybridized carbons (Fsp3) is 0.381. The van der Waals surface area contributed by atoms with Crippen LogP contribution in [0, 0.1) is 6.92 Å². The Morgan fingerprint density at radius 2 is 1.79 bits per heavy atom. The molecule has 0 unspecified atom stereocenters. The molecule has 2 aromatic rings. The van der Waals surface area contributed by atoms with Crippen LogP contribution in [0.4, 0.5) is 0 Å². The van der Waals surface area contributed by atoms with Crippen molar-refractivity contribution >= 4 is 17.8 Å². The fourth-order valence-corrected chi connectivity index (χ4v) is 2.74. The summed E-state index contributed by atoms with van der Waals surface area (Å²) in [4.78, 5) is 27.8. The molecule has 0 bridgehead atoms. The molecule has 1 aromatic carbocycles. The predicted molar refractivity (Wildman–Crippen MR) is 113 cm³/mol. The number of carbonyl (C=O) groups excluding carboxylic acids is 2. The number of benzene rings is 1. The molecule has 0 atom stereocenters. The van der Waals surface area contributed by atoms with E-state index in [4.69, 9.17) is 4.42 Å². The lowest BCUT2D eigenvalue weighted by molar-refractivity contribution is 0.0923. The summed E-state index contributed by atoms with van der Waals surface area (Å²) in [7, 11) is 3.33. The van der Waals surface area contributed by atoms with E-state index in [0.29, 0.717) is 36.9 Å². The van der Waals surface area contributed by atoms with E-state index in [1.54, 1.807) is 26.2 Å². The smallest absolute Gasteiger partial charge is 0.287 e. The third-order valence-corrected chi connectivity index (χ3v) is 4.35. The molecule has 156 valence electrons. The number of hydrogen-bond acceptors (Lipinski definition) is 4. The molecule has 29 heavy (non-hydrogen) atoms. The summed E-state index contributed by atoms with van der Waals surface area (Å²) in [5.41, 5.74) is 2.55. The van der Waals surface area contributed by atoms with Crippen molar-refractivity contribution in [2.24, 2.45) is 4.99 Å². The summed E-state index contributed by atoms with van der Waals surface area (Å²) in [6, 6.07) is 9.32. The highest BCUT2D eigenvalue weighted by atomic mass is 16.3. The largest absolute Gasteiger partial charge is 0.459 e. The van der Waals surface area contributed by atoms with E-state index in [1.165, 1.54) is 6.26 Å². The Labute approximate surface area is 171 Å². The van der Waals surface area contributed by atoms with Crippen molar-refractivity contribution in [3.8, 4) is 0 Å². The number of guanidine groups is 1. The third kappa shape index (κ3) is 6.99. The number of nitrogens with zero attached hydrogens (tertiary/aromatic N) is 1. The van der Waals surface area contributed by atoms with Crippen LogP contribution >= 0.6 is 0 Å². The van der Waals surface area contributed by atoms with Crippen molar-refractivity contribution in [3.05, 3.63) is 59.0 Å². The maximum absolute atomic E-state index is 12.0. The molecule has 2 amide bonds. The number of rotatable bonds is 9. The number of nitrogens with one attached hydrogen (secondary N) is 4. The van der Waals surface area contributed by atoms with E-state index >= 15 is 0 Å². The van der Waals surface area contributed by atoms with Crippen LogP contribution in [0.25, 0.3) is 0 Å². The third-order valence-electron chi connectivity index (χ3n) is 4.35. The molecule has 2 rings (SSSR count). The van der Waals surface area contributed by atoms with Gasteiger partial charge in [-0.25, -0.2) is 0 Å². The molecule has 4 N–H and O–H groups in total. The van der Waals surface area contributed by atoms with Crippen LogP contribution in [0.5, 0.6) is 0 Å². The van der Waals surface area contributed by atoms with Crippen molar-refractivity contribution in [3.63, 3.8) is 0 Å².